The second-order valence-corrected chi connectivity index (χ2v) is 4.23. The first-order valence-electron chi connectivity index (χ1n) is 5.27. The van der Waals surface area contributed by atoms with Crippen LogP contribution in [0.25, 0.3) is 0 Å². The molecular weight excluding hydrogens is 286 g/mol. The van der Waals surface area contributed by atoms with Crippen molar-refractivity contribution >= 4 is 21.8 Å². The maximum absolute atomic E-state index is 12.2. The van der Waals surface area contributed by atoms with Crippen LogP contribution in [0.3, 0.4) is 0 Å². The van der Waals surface area contributed by atoms with Crippen LogP contribution in [0.15, 0.2) is 44.2 Å². The first kappa shape index (κ1) is 12.0. The quantitative estimate of drug-likeness (QED) is 0.870. The predicted molar refractivity (Wildman–Crippen MR) is 65.5 cm³/mol. The molecule has 0 aliphatic rings. The van der Waals surface area contributed by atoms with Crippen LogP contribution in [0, 0.1) is 0 Å². The number of carbonyl (C=O) groups is 1. The Morgan fingerprint density at radius 2 is 2.18 bits per heavy atom. The summed E-state index contributed by atoms with van der Waals surface area (Å²) in [4.78, 5) is 13.9. The molecule has 17 heavy (non-hydrogen) atoms. The van der Waals surface area contributed by atoms with Gasteiger partial charge in [-0.05, 0) is 41.1 Å². The minimum atomic E-state index is -0.0791. The molecule has 0 aromatic carbocycles. The van der Waals surface area contributed by atoms with Gasteiger partial charge in [0.2, 0.25) is 0 Å². The third-order valence-corrected chi connectivity index (χ3v) is 3.06. The molecule has 90 valence electrons. The minimum absolute atomic E-state index is 0.0791. The summed E-state index contributed by atoms with van der Waals surface area (Å²) in [5.41, 5.74) is 0.526. The van der Waals surface area contributed by atoms with E-state index in [0.29, 0.717) is 23.3 Å². The minimum Gasteiger partial charge on any atom is -0.467 e. The van der Waals surface area contributed by atoms with Gasteiger partial charge in [0.15, 0.2) is 4.67 Å². The third kappa shape index (κ3) is 2.61. The highest BCUT2D eigenvalue weighted by atomic mass is 79.9. The zero-order chi connectivity index (χ0) is 12.3. The molecule has 0 fully saturated rings. The average molecular weight is 298 g/mol. The lowest BCUT2D eigenvalue weighted by Gasteiger charge is -2.18. The Hall–Kier alpha value is -1.49. The van der Waals surface area contributed by atoms with Crippen LogP contribution in [-0.2, 0) is 6.54 Å². The molecule has 0 unspecified atom stereocenters. The van der Waals surface area contributed by atoms with Crippen LogP contribution in [-0.4, -0.2) is 17.4 Å². The average Bonchev–Trinajstić information content (AvgIpc) is 2.96. The number of amides is 1. The predicted octanol–water partition coefficient (Wildman–Crippen LogP) is 3.30. The van der Waals surface area contributed by atoms with Crippen molar-refractivity contribution in [1.29, 1.82) is 0 Å². The van der Waals surface area contributed by atoms with E-state index in [-0.39, 0.29) is 5.91 Å². The number of furan rings is 2. The van der Waals surface area contributed by atoms with Gasteiger partial charge in [-0.1, -0.05) is 0 Å². The lowest BCUT2D eigenvalue weighted by atomic mass is 10.3. The van der Waals surface area contributed by atoms with E-state index in [4.69, 9.17) is 8.83 Å². The standard InChI is InChI=1S/C12H12BrNO3/c1-2-14(8-9-4-3-6-16-9)12(15)10-5-7-17-11(10)13/h3-7H,2,8H2,1H3. The smallest absolute Gasteiger partial charge is 0.258 e. The van der Waals surface area contributed by atoms with E-state index < -0.39 is 0 Å². The van der Waals surface area contributed by atoms with E-state index in [1.165, 1.54) is 6.26 Å². The highest BCUT2D eigenvalue weighted by molar-refractivity contribution is 9.10. The number of nitrogens with zero attached hydrogens (tertiary/aromatic N) is 1. The van der Waals surface area contributed by atoms with Crippen molar-refractivity contribution in [2.45, 2.75) is 13.5 Å². The van der Waals surface area contributed by atoms with E-state index in [2.05, 4.69) is 15.9 Å². The molecule has 5 heteroatoms. The van der Waals surface area contributed by atoms with Gasteiger partial charge in [-0.3, -0.25) is 4.79 Å². The summed E-state index contributed by atoms with van der Waals surface area (Å²) >= 11 is 3.20. The fraction of sp³-hybridized carbons (Fsp3) is 0.250. The van der Waals surface area contributed by atoms with Crippen molar-refractivity contribution in [3.8, 4) is 0 Å². The largest absolute Gasteiger partial charge is 0.467 e. The molecule has 2 aromatic heterocycles. The van der Waals surface area contributed by atoms with E-state index >= 15 is 0 Å². The van der Waals surface area contributed by atoms with Crippen LogP contribution in [0.4, 0.5) is 0 Å². The normalized spacial score (nSPS) is 10.5. The van der Waals surface area contributed by atoms with E-state index in [1.807, 2.05) is 13.0 Å². The van der Waals surface area contributed by atoms with Gasteiger partial charge in [0.25, 0.3) is 5.91 Å². The molecular formula is C12H12BrNO3. The summed E-state index contributed by atoms with van der Waals surface area (Å²) < 4.78 is 10.8. The Bertz CT molecular complexity index is 490. The van der Waals surface area contributed by atoms with Gasteiger partial charge in [0.1, 0.15) is 5.76 Å². The molecule has 0 radical (unpaired) electrons. The van der Waals surface area contributed by atoms with Crippen molar-refractivity contribution < 1.29 is 13.6 Å². The SMILES string of the molecule is CCN(Cc1ccco1)C(=O)c1ccoc1Br. The number of rotatable bonds is 4. The molecule has 2 aromatic rings. The number of carbonyl (C=O) groups excluding carboxylic acids is 1. The maximum atomic E-state index is 12.2. The molecule has 0 N–H and O–H groups in total. The lowest BCUT2D eigenvalue weighted by Crippen LogP contribution is -2.30. The van der Waals surface area contributed by atoms with Crippen molar-refractivity contribution in [1.82, 2.24) is 4.90 Å². The van der Waals surface area contributed by atoms with Gasteiger partial charge in [-0.25, -0.2) is 0 Å². The lowest BCUT2D eigenvalue weighted by molar-refractivity contribution is 0.0739. The first-order chi connectivity index (χ1) is 8.22. The van der Waals surface area contributed by atoms with E-state index in [9.17, 15) is 4.79 Å². The van der Waals surface area contributed by atoms with E-state index in [1.54, 1.807) is 23.3 Å². The fourth-order valence-corrected chi connectivity index (χ4v) is 1.94. The molecule has 0 saturated heterocycles. The summed E-state index contributed by atoms with van der Waals surface area (Å²) in [6.45, 7) is 2.99. The molecule has 0 atom stereocenters. The van der Waals surface area contributed by atoms with Gasteiger partial charge < -0.3 is 13.7 Å². The number of hydrogen-bond acceptors (Lipinski definition) is 3. The molecule has 0 aliphatic heterocycles. The van der Waals surface area contributed by atoms with Crippen LogP contribution in [0.1, 0.15) is 23.0 Å². The summed E-state index contributed by atoms with van der Waals surface area (Å²) in [6, 6.07) is 5.30. The summed E-state index contributed by atoms with van der Waals surface area (Å²) in [7, 11) is 0. The molecule has 2 heterocycles. The monoisotopic (exact) mass is 297 g/mol. The van der Waals surface area contributed by atoms with Gasteiger partial charge in [0, 0.05) is 6.54 Å². The molecule has 0 bridgehead atoms. The molecule has 0 spiro atoms. The van der Waals surface area contributed by atoms with Gasteiger partial charge >= 0.3 is 0 Å². The zero-order valence-corrected chi connectivity index (χ0v) is 10.9. The van der Waals surface area contributed by atoms with Crippen LogP contribution >= 0.6 is 15.9 Å². The molecule has 0 saturated carbocycles. The van der Waals surface area contributed by atoms with Crippen LogP contribution in [0.5, 0.6) is 0 Å². The van der Waals surface area contributed by atoms with Gasteiger partial charge in [-0.2, -0.15) is 0 Å². The first-order valence-corrected chi connectivity index (χ1v) is 6.06. The summed E-state index contributed by atoms with van der Waals surface area (Å²) in [6.07, 6.45) is 3.08. The molecule has 1 amide bonds. The summed E-state index contributed by atoms with van der Waals surface area (Å²) in [5, 5.41) is 0. The second kappa shape index (κ2) is 5.23. The Morgan fingerprint density at radius 1 is 1.35 bits per heavy atom. The van der Waals surface area contributed by atoms with Crippen LogP contribution in [0.2, 0.25) is 0 Å². The molecule has 2 rings (SSSR count). The fourth-order valence-electron chi connectivity index (χ4n) is 1.53. The Balaban J connectivity index is 2.14. The maximum Gasteiger partial charge on any atom is 0.258 e. The van der Waals surface area contributed by atoms with Gasteiger partial charge in [0.05, 0.1) is 24.6 Å². The van der Waals surface area contributed by atoms with Crippen molar-refractivity contribution in [2.24, 2.45) is 0 Å². The van der Waals surface area contributed by atoms with E-state index in [0.717, 1.165) is 5.76 Å². The Morgan fingerprint density at radius 3 is 2.71 bits per heavy atom. The van der Waals surface area contributed by atoms with Crippen molar-refractivity contribution in [2.75, 3.05) is 6.54 Å². The number of halogens is 1. The Labute approximate surface area is 107 Å². The number of hydrogen-bond donors (Lipinski definition) is 0. The zero-order valence-electron chi connectivity index (χ0n) is 9.35. The summed E-state index contributed by atoms with van der Waals surface area (Å²) in [5.74, 6) is 0.685. The molecule has 0 aliphatic carbocycles. The van der Waals surface area contributed by atoms with Crippen LogP contribution < -0.4 is 0 Å². The highest BCUT2D eigenvalue weighted by Gasteiger charge is 2.19. The Kier molecular flexibility index (Phi) is 3.68. The van der Waals surface area contributed by atoms with Crippen molar-refractivity contribution in [3.63, 3.8) is 0 Å². The topological polar surface area (TPSA) is 46.6 Å². The third-order valence-electron chi connectivity index (χ3n) is 2.44. The highest BCUT2D eigenvalue weighted by Crippen LogP contribution is 2.20. The van der Waals surface area contributed by atoms with Gasteiger partial charge in [-0.15, -0.1) is 0 Å². The molecule has 4 nitrogen and oxygen atoms in total. The second-order valence-electron chi connectivity index (χ2n) is 3.51. The van der Waals surface area contributed by atoms with Crippen molar-refractivity contribution in [3.05, 3.63) is 46.7 Å².